The van der Waals surface area contributed by atoms with Crippen LogP contribution in [-0.4, -0.2) is 22.7 Å². The highest BCUT2D eigenvalue weighted by atomic mass is 16.5. The third-order valence-electron chi connectivity index (χ3n) is 3.87. The van der Waals surface area contributed by atoms with Crippen molar-refractivity contribution in [1.29, 1.82) is 0 Å². The van der Waals surface area contributed by atoms with E-state index in [1.165, 1.54) is 24.8 Å². The first-order valence-corrected chi connectivity index (χ1v) is 8.77. The van der Waals surface area contributed by atoms with E-state index in [1.807, 2.05) is 24.8 Å². The van der Waals surface area contributed by atoms with Gasteiger partial charge in [-0.05, 0) is 25.5 Å². The zero-order valence-electron chi connectivity index (χ0n) is 14.2. The van der Waals surface area contributed by atoms with Gasteiger partial charge < -0.3 is 14.6 Å². The molecule has 0 aliphatic heterocycles. The molecule has 0 radical (unpaired) electrons. The van der Waals surface area contributed by atoms with Gasteiger partial charge in [0, 0.05) is 31.0 Å². The van der Waals surface area contributed by atoms with Gasteiger partial charge in [-0.3, -0.25) is 0 Å². The standard InChI is InChI=1S/C19H29N3O/c1-2-3-4-7-15-23-19-10-6-5-9-18(19)16-20-11-8-13-22-14-12-21-17-22/h5-6,9-10,12,14,17,20H,2-4,7-8,11,13,15-16H2,1H3. The van der Waals surface area contributed by atoms with Gasteiger partial charge in [-0.25, -0.2) is 4.98 Å². The van der Waals surface area contributed by atoms with E-state index in [4.69, 9.17) is 4.74 Å². The quantitative estimate of drug-likeness (QED) is 0.601. The number of rotatable bonds is 12. The Bertz CT molecular complexity index is 525. The summed E-state index contributed by atoms with van der Waals surface area (Å²) in [5.41, 5.74) is 1.24. The molecule has 0 aliphatic carbocycles. The van der Waals surface area contributed by atoms with Crippen LogP contribution >= 0.6 is 0 Å². The van der Waals surface area contributed by atoms with Crippen molar-refractivity contribution < 1.29 is 4.74 Å². The van der Waals surface area contributed by atoms with Gasteiger partial charge in [-0.2, -0.15) is 0 Å². The molecule has 1 aromatic carbocycles. The monoisotopic (exact) mass is 315 g/mol. The average molecular weight is 315 g/mol. The number of unbranched alkanes of at least 4 members (excludes halogenated alkanes) is 3. The Hall–Kier alpha value is -1.81. The lowest BCUT2D eigenvalue weighted by Crippen LogP contribution is -2.17. The Morgan fingerprint density at radius 1 is 1.13 bits per heavy atom. The first-order valence-electron chi connectivity index (χ1n) is 8.77. The summed E-state index contributed by atoms with van der Waals surface area (Å²) in [6.45, 7) is 5.90. The molecule has 0 unspecified atom stereocenters. The molecule has 1 N–H and O–H groups in total. The second kappa shape index (κ2) is 10.8. The predicted octanol–water partition coefficient (Wildman–Crippen LogP) is 4.02. The third kappa shape index (κ3) is 6.87. The van der Waals surface area contributed by atoms with Crippen molar-refractivity contribution in [3.05, 3.63) is 48.5 Å². The zero-order chi connectivity index (χ0) is 16.2. The van der Waals surface area contributed by atoms with Crippen LogP contribution < -0.4 is 10.1 Å². The lowest BCUT2D eigenvalue weighted by Gasteiger charge is -2.12. The van der Waals surface area contributed by atoms with Crippen LogP contribution in [0.25, 0.3) is 0 Å². The van der Waals surface area contributed by atoms with Gasteiger partial charge in [0.15, 0.2) is 0 Å². The molecule has 0 atom stereocenters. The van der Waals surface area contributed by atoms with Crippen LogP contribution in [0.3, 0.4) is 0 Å². The molecule has 23 heavy (non-hydrogen) atoms. The molecule has 4 heteroatoms. The zero-order valence-corrected chi connectivity index (χ0v) is 14.2. The molecule has 2 rings (SSSR count). The molecule has 0 bridgehead atoms. The normalized spacial score (nSPS) is 10.8. The maximum atomic E-state index is 5.95. The number of nitrogens with one attached hydrogen (secondary N) is 1. The number of para-hydroxylation sites is 1. The van der Waals surface area contributed by atoms with Crippen LogP contribution in [0.2, 0.25) is 0 Å². The molecule has 126 valence electrons. The Balaban J connectivity index is 1.65. The lowest BCUT2D eigenvalue weighted by atomic mass is 10.2. The fraction of sp³-hybridized carbons (Fsp3) is 0.526. The van der Waals surface area contributed by atoms with Gasteiger partial charge in [-0.1, -0.05) is 44.4 Å². The van der Waals surface area contributed by atoms with Gasteiger partial charge in [-0.15, -0.1) is 0 Å². The molecule has 0 saturated carbocycles. The van der Waals surface area contributed by atoms with Crippen molar-refractivity contribution in [2.45, 2.75) is 52.1 Å². The molecule has 1 heterocycles. The summed E-state index contributed by atoms with van der Waals surface area (Å²) >= 11 is 0. The van der Waals surface area contributed by atoms with Gasteiger partial charge in [0.05, 0.1) is 12.9 Å². The number of ether oxygens (including phenoxy) is 1. The fourth-order valence-corrected chi connectivity index (χ4v) is 2.53. The summed E-state index contributed by atoms with van der Waals surface area (Å²) in [6, 6.07) is 8.34. The summed E-state index contributed by atoms with van der Waals surface area (Å²) in [5, 5.41) is 3.50. The van der Waals surface area contributed by atoms with E-state index < -0.39 is 0 Å². The van der Waals surface area contributed by atoms with Crippen molar-refractivity contribution in [2.75, 3.05) is 13.2 Å². The van der Waals surface area contributed by atoms with Crippen LogP contribution in [0.15, 0.2) is 43.0 Å². The highest BCUT2D eigenvalue weighted by Crippen LogP contribution is 2.18. The van der Waals surface area contributed by atoms with Crippen LogP contribution in [0.1, 0.15) is 44.6 Å². The molecular weight excluding hydrogens is 286 g/mol. The predicted molar refractivity (Wildman–Crippen MR) is 94.6 cm³/mol. The van der Waals surface area contributed by atoms with Crippen molar-refractivity contribution >= 4 is 0 Å². The lowest BCUT2D eigenvalue weighted by molar-refractivity contribution is 0.301. The molecule has 1 aromatic heterocycles. The Morgan fingerprint density at radius 2 is 2.04 bits per heavy atom. The fourth-order valence-electron chi connectivity index (χ4n) is 2.53. The molecule has 4 nitrogen and oxygen atoms in total. The minimum Gasteiger partial charge on any atom is -0.493 e. The van der Waals surface area contributed by atoms with E-state index in [0.717, 1.165) is 44.8 Å². The van der Waals surface area contributed by atoms with E-state index in [2.05, 4.69) is 40.0 Å². The third-order valence-corrected chi connectivity index (χ3v) is 3.87. The highest BCUT2D eigenvalue weighted by Gasteiger charge is 2.02. The van der Waals surface area contributed by atoms with Crippen LogP contribution in [0.5, 0.6) is 5.75 Å². The maximum Gasteiger partial charge on any atom is 0.123 e. The van der Waals surface area contributed by atoms with Gasteiger partial charge in [0.1, 0.15) is 5.75 Å². The second-order valence-corrected chi connectivity index (χ2v) is 5.85. The number of benzene rings is 1. The van der Waals surface area contributed by atoms with E-state index in [0.29, 0.717) is 0 Å². The average Bonchev–Trinajstić information content (AvgIpc) is 3.09. The van der Waals surface area contributed by atoms with E-state index >= 15 is 0 Å². The Kier molecular flexibility index (Phi) is 8.27. The minimum absolute atomic E-state index is 0.817. The van der Waals surface area contributed by atoms with Crippen molar-refractivity contribution in [1.82, 2.24) is 14.9 Å². The largest absolute Gasteiger partial charge is 0.493 e. The molecular formula is C19H29N3O. The van der Waals surface area contributed by atoms with Crippen molar-refractivity contribution in [2.24, 2.45) is 0 Å². The number of hydrogen-bond donors (Lipinski definition) is 1. The number of nitrogens with zero attached hydrogens (tertiary/aromatic N) is 2. The first-order chi connectivity index (χ1) is 11.4. The maximum absolute atomic E-state index is 5.95. The molecule has 0 spiro atoms. The second-order valence-electron chi connectivity index (χ2n) is 5.85. The summed E-state index contributed by atoms with van der Waals surface area (Å²) in [6.07, 6.45) is 11.7. The van der Waals surface area contributed by atoms with Crippen molar-refractivity contribution in [3.8, 4) is 5.75 Å². The summed E-state index contributed by atoms with van der Waals surface area (Å²) in [7, 11) is 0. The molecule has 0 amide bonds. The summed E-state index contributed by atoms with van der Waals surface area (Å²) < 4.78 is 8.05. The van der Waals surface area contributed by atoms with Crippen molar-refractivity contribution in [3.63, 3.8) is 0 Å². The number of hydrogen-bond acceptors (Lipinski definition) is 3. The first kappa shape index (κ1) is 17.5. The van der Waals surface area contributed by atoms with Gasteiger partial charge in [0.2, 0.25) is 0 Å². The molecule has 0 saturated heterocycles. The summed E-state index contributed by atoms with van der Waals surface area (Å²) in [5.74, 6) is 1.02. The summed E-state index contributed by atoms with van der Waals surface area (Å²) in [4.78, 5) is 4.05. The molecule has 0 aliphatic rings. The van der Waals surface area contributed by atoms with Crippen LogP contribution in [0, 0.1) is 0 Å². The van der Waals surface area contributed by atoms with Gasteiger partial charge in [0.25, 0.3) is 0 Å². The number of aromatic nitrogens is 2. The smallest absolute Gasteiger partial charge is 0.123 e. The van der Waals surface area contributed by atoms with Crippen LogP contribution in [0.4, 0.5) is 0 Å². The van der Waals surface area contributed by atoms with E-state index in [-0.39, 0.29) is 0 Å². The SMILES string of the molecule is CCCCCCOc1ccccc1CNCCCn1ccnc1. The minimum atomic E-state index is 0.817. The van der Waals surface area contributed by atoms with Crippen LogP contribution in [-0.2, 0) is 13.1 Å². The Morgan fingerprint density at radius 3 is 2.87 bits per heavy atom. The molecule has 0 fully saturated rings. The highest BCUT2D eigenvalue weighted by molar-refractivity contribution is 5.33. The van der Waals surface area contributed by atoms with E-state index in [1.54, 1.807) is 0 Å². The number of imidazole rings is 1. The number of aryl methyl sites for hydroxylation is 1. The van der Waals surface area contributed by atoms with Gasteiger partial charge >= 0.3 is 0 Å². The topological polar surface area (TPSA) is 39.1 Å². The Labute approximate surface area is 139 Å². The molecule has 2 aromatic rings. The van der Waals surface area contributed by atoms with E-state index in [9.17, 15) is 0 Å².